The molecular formula is C29H25ClFN5O3. The average Bonchev–Trinajstić information content (AvgIpc) is 3.83. The Balaban J connectivity index is 1.36. The third kappa shape index (κ3) is 4.35. The minimum absolute atomic E-state index is 0.0494. The minimum Gasteiger partial charge on any atom is -0.346 e. The van der Waals surface area contributed by atoms with Crippen molar-refractivity contribution in [3.63, 3.8) is 0 Å². The van der Waals surface area contributed by atoms with E-state index in [1.165, 1.54) is 29.1 Å². The maximum absolute atomic E-state index is 15.5. The molecule has 0 bridgehead atoms. The molecule has 7 rings (SSSR count). The van der Waals surface area contributed by atoms with E-state index in [4.69, 9.17) is 16.6 Å². The summed E-state index contributed by atoms with van der Waals surface area (Å²) in [4.78, 5) is 36.5. The Morgan fingerprint density at radius 1 is 1.18 bits per heavy atom. The Hall–Kier alpha value is -3.82. The molecule has 2 aromatic rings. The van der Waals surface area contributed by atoms with Crippen molar-refractivity contribution in [2.45, 2.75) is 50.1 Å². The topological polar surface area (TPSA) is 99.3 Å². The summed E-state index contributed by atoms with van der Waals surface area (Å²) in [5.41, 5.74) is 2.02. The zero-order valence-electron chi connectivity index (χ0n) is 20.9. The number of carbonyl (C=O) groups excluding carboxylic acids is 1. The number of carbonyl (C=O) groups is 1. The van der Waals surface area contributed by atoms with Crippen LogP contribution in [0, 0.1) is 11.7 Å². The molecule has 1 amide bonds. The van der Waals surface area contributed by atoms with Gasteiger partial charge in [0.1, 0.15) is 5.82 Å². The second kappa shape index (κ2) is 8.86. The number of aliphatic imine (C=N–C) groups is 2. The number of nitrogens with zero attached hydrogens (tertiary/aromatic N) is 4. The molecule has 198 valence electrons. The van der Waals surface area contributed by atoms with E-state index < -0.39 is 17.4 Å². The van der Waals surface area contributed by atoms with Gasteiger partial charge in [0.05, 0.1) is 28.5 Å². The van der Waals surface area contributed by atoms with Gasteiger partial charge in [-0.25, -0.2) is 19.4 Å². The molecule has 2 N–H and O–H groups in total. The fraction of sp³-hybridized carbons (Fsp3) is 0.310. The molecule has 10 heteroatoms. The number of hydrogen-bond acceptors (Lipinski definition) is 6. The lowest BCUT2D eigenvalue weighted by atomic mass is 9.89. The van der Waals surface area contributed by atoms with Crippen LogP contribution in [0.15, 0.2) is 75.0 Å². The van der Waals surface area contributed by atoms with Gasteiger partial charge in [-0.3, -0.25) is 14.8 Å². The van der Waals surface area contributed by atoms with Crippen LogP contribution in [-0.4, -0.2) is 38.3 Å². The highest BCUT2D eigenvalue weighted by atomic mass is 35.5. The monoisotopic (exact) mass is 545 g/mol. The van der Waals surface area contributed by atoms with Gasteiger partial charge in [0.15, 0.2) is 5.84 Å². The summed E-state index contributed by atoms with van der Waals surface area (Å²) in [6.07, 6.45) is 14.5. The van der Waals surface area contributed by atoms with Gasteiger partial charge in [-0.05, 0) is 55.4 Å². The standard InChI is InChI=1S/C29H25ClFN5O3/c30-21-4-3-18-13-29(7-8-29)34-28(38)20-15-36(24(37)12-19(20)25(18)26(21)31)23(11-16-1-2-16)27-32-14-22(33-27)17-5-9-35(39)10-6-17/h3-6,9-10,12,14-16,23,39H,1-2,7-8,11,13H2,(H,34,38)/t23-/m1/s1. The number of fused-ring (bicyclic) bond motifs is 3. The molecule has 1 aromatic carbocycles. The molecule has 39 heavy (non-hydrogen) atoms. The van der Waals surface area contributed by atoms with Crippen molar-refractivity contribution in [1.82, 2.24) is 14.9 Å². The highest BCUT2D eigenvalue weighted by Crippen LogP contribution is 2.45. The third-order valence-electron chi connectivity index (χ3n) is 8.09. The summed E-state index contributed by atoms with van der Waals surface area (Å²) in [5, 5.41) is 13.6. The highest BCUT2D eigenvalue weighted by Gasteiger charge is 2.46. The van der Waals surface area contributed by atoms with Crippen molar-refractivity contribution >= 4 is 29.6 Å². The van der Waals surface area contributed by atoms with Gasteiger partial charge in [-0.2, -0.15) is 0 Å². The van der Waals surface area contributed by atoms with Crippen LogP contribution in [0.1, 0.15) is 54.1 Å². The molecule has 1 atom stereocenters. The van der Waals surface area contributed by atoms with E-state index in [-0.39, 0.29) is 33.2 Å². The summed E-state index contributed by atoms with van der Waals surface area (Å²) < 4.78 is 17.0. The second-order valence-electron chi connectivity index (χ2n) is 10.9. The van der Waals surface area contributed by atoms with Gasteiger partial charge in [0.2, 0.25) is 0 Å². The van der Waals surface area contributed by atoms with Crippen LogP contribution < -0.4 is 10.9 Å². The van der Waals surface area contributed by atoms with Crippen molar-refractivity contribution < 1.29 is 14.4 Å². The molecule has 0 unspecified atom stereocenters. The molecule has 2 saturated carbocycles. The zero-order chi connectivity index (χ0) is 26.9. The van der Waals surface area contributed by atoms with Gasteiger partial charge in [-0.1, -0.05) is 30.5 Å². The Morgan fingerprint density at radius 2 is 1.95 bits per heavy atom. The Kier molecular flexibility index (Phi) is 5.50. The van der Waals surface area contributed by atoms with Crippen molar-refractivity contribution in [3.05, 3.63) is 92.5 Å². The molecule has 0 radical (unpaired) electrons. The van der Waals surface area contributed by atoms with Gasteiger partial charge in [0, 0.05) is 46.9 Å². The summed E-state index contributed by atoms with van der Waals surface area (Å²) in [7, 11) is 0. The largest absolute Gasteiger partial charge is 0.346 e. The van der Waals surface area contributed by atoms with Crippen LogP contribution in [0.25, 0.3) is 11.1 Å². The van der Waals surface area contributed by atoms with Gasteiger partial charge >= 0.3 is 0 Å². The van der Waals surface area contributed by atoms with Crippen LogP contribution in [0.2, 0.25) is 5.02 Å². The van der Waals surface area contributed by atoms with E-state index in [2.05, 4.69) is 10.3 Å². The number of halogens is 2. The maximum atomic E-state index is 15.5. The first-order chi connectivity index (χ1) is 18.8. The van der Waals surface area contributed by atoms with E-state index in [0.29, 0.717) is 30.3 Å². The SMILES string of the molecule is O=C1NC2(CC2)Cc2ccc(Cl)c(F)c2-c2cc(=O)n([C@H](CC3CC3)C3=NC(=C4C=CN(O)C=C4)C=N3)cc21. The van der Waals surface area contributed by atoms with E-state index in [1.54, 1.807) is 30.6 Å². The second-order valence-corrected chi connectivity index (χ2v) is 11.3. The van der Waals surface area contributed by atoms with Crippen LogP contribution in [0.3, 0.4) is 0 Å². The zero-order valence-corrected chi connectivity index (χ0v) is 21.7. The quantitative estimate of drug-likeness (QED) is 0.568. The van der Waals surface area contributed by atoms with E-state index in [0.717, 1.165) is 41.9 Å². The lowest BCUT2D eigenvalue weighted by Crippen LogP contribution is -2.41. The first-order valence-corrected chi connectivity index (χ1v) is 13.4. The number of hydroxylamine groups is 2. The van der Waals surface area contributed by atoms with Crippen LogP contribution in [-0.2, 0) is 6.42 Å². The van der Waals surface area contributed by atoms with E-state index in [9.17, 15) is 14.8 Å². The Labute approximate surface area is 228 Å². The van der Waals surface area contributed by atoms with Gasteiger partial charge < -0.3 is 9.88 Å². The first-order valence-electron chi connectivity index (χ1n) is 13.1. The number of allylic oxidation sites excluding steroid dienone is 4. The van der Waals surface area contributed by atoms with Crippen molar-refractivity contribution in [2.75, 3.05) is 0 Å². The smallest absolute Gasteiger partial charge is 0.253 e. The fourth-order valence-electron chi connectivity index (χ4n) is 5.59. The molecule has 3 aliphatic heterocycles. The van der Waals surface area contributed by atoms with E-state index >= 15 is 4.39 Å². The molecule has 4 heterocycles. The molecule has 8 nitrogen and oxygen atoms in total. The normalized spacial score (nSPS) is 21.4. The molecular weight excluding hydrogens is 521 g/mol. The lowest BCUT2D eigenvalue weighted by molar-refractivity contribution is 0.0105. The molecule has 1 spiro atoms. The van der Waals surface area contributed by atoms with Crippen LogP contribution in [0.4, 0.5) is 4.39 Å². The molecule has 0 saturated heterocycles. The van der Waals surface area contributed by atoms with Crippen molar-refractivity contribution in [3.8, 4) is 11.1 Å². The predicted octanol–water partition coefficient (Wildman–Crippen LogP) is 4.94. The van der Waals surface area contributed by atoms with Crippen molar-refractivity contribution in [1.29, 1.82) is 0 Å². The molecule has 2 fully saturated rings. The van der Waals surface area contributed by atoms with Gasteiger partial charge in [0.25, 0.3) is 11.5 Å². The lowest BCUT2D eigenvalue weighted by Gasteiger charge is -2.27. The number of hydrogen-bond donors (Lipinski definition) is 2. The number of amidine groups is 1. The summed E-state index contributed by atoms with van der Waals surface area (Å²) in [6.45, 7) is 0. The van der Waals surface area contributed by atoms with Crippen LogP contribution >= 0.6 is 11.6 Å². The maximum Gasteiger partial charge on any atom is 0.253 e. The molecule has 2 aliphatic carbocycles. The van der Waals surface area contributed by atoms with Crippen molar-refractivity contribution in [2.24, 2.45) is 15.9 Å². The van der Waals surface area contributed by atoms with Gasteiger partial charge in [-0.15, -0.1) is 0 Å². The number of pyridine rings is 1. The molecule has 5 aliphatic rings. The summed E-state index contributed by atoms with van der Waals surface area (Å²) in [5.74, 6) is -0.0588. The number of rotatable bonds is 4. The third-order valence-corrected chi connectivity index (χ3v) is 8.38. The highest BCUT2D eigenvalue weighted by molar-refractivity contribution is 6.31. The predicted molar refractivity (Wildman–Crippen MR) is 145 cm³/mol. The van der Waals surface area contributed by atoms with E-state index in [1.807, 2.05) is 0 Å². The first kappa shape index (κ1) is 24.2. The average molecular weight is 546 g/mol. The van der Waals surface area contributed by atoms with Crippen LogP contribution in [0.5, 0.6) is 0 Å². The number of nitrogens with one attached hydrogen (secondary N) is 1. The summed E-state index contributed by atoms with van der Waals surface area (Å²) >= 11 is 6.17. The minimum atomic E-state index is -0.622. The number of benzene rings is 1. The number of amides is 1. The molecule has 1 aromatic heterocycles. The Bertz CT molecular complexity index is 1630. The fourth-order valence-corrected chi connectivity index (χ4v) is 5.75. The Morgan fingerprint density at radius 3 is 2.67 bits per heavy atom. The summed E-state index contributed by atoms with van der Waals surface area (Å²) in [6, 6.07) is 4.16. The number of aromatic nitrogens is 1.